The van der Waals surface area contributed by atoms with E-state index in [1.807, 2.05) is 6.92 Å². The van der Waals surface area contributed by atoms with Gasteiger partial charge < -0.3 is 4.74 Å². The van der Waals surface area contributed by atoms with Gasteiger partial charge in [-0.1, -0.05) is 47.3 Å². The molecule has 0 fully saturated rings. The molecule has 94 valence electrons. The van der Waals surface area contributed by atoms with Crippen LogP contribution in [0.5, 0.6) is 0 Å². The molecular formula is C13H23BrO2. The molecule has 0 bridgehead atoms. The maximum Gasteiger partial charge on any atom is 0.305 e. The number of unbranched alkanes of at least 4 members (excludes halogenated alkanes) is 5. The molecule has 0 N–H and O–H groups in total. The van der Waals surface area contributed by atoms with Crippen molar-refractivity contribution in [2.24, 2.45) is 0 Å². The molecule has 0 radical (unpaired) electrons. The van der Waals surface area contributed by atoms with E-state index in [4.69, 9.17) is 4.74 Å². The summed E-state index contributed by atoms with van der Waals surface area (Å²) in [5, 5.41) is 0.951. The van der Waals surface area contributed by atoms with Crippen LogP contribution in [0.4, 0.5) is 0 Å². The largest absolute Gasteiger partial charge is 0.466 e. The van der Waals surface area contributed by atoms with Gasteiger partial charge in [-0.3, -0.25) is 4.79 Å². The summed E-state index contributed by atoms with van der Waals surface area (Å²) >= 11 is 3.35. The van der Waals surface area contributed by atoms with Crippen LogP contribution in [-0.4, -0.2) is 17.9 Å². The fourth-order valence-corrected chi connectivity index (χ4v) is 1.74. The average molecular weight is 291 g/mol. The molecule has 0 spiro atoms. The number of carbonyl (C=O) groups excluding carboxylic acids is 1. The molecule has 0 aromatic rings. The zero-order valence-corrected chi connectivity index (χ0v) is 11.8. The van der Waals surface area contributed by atoms with Crippen molar-refractivity contribution in [3.63, 3.8) is 0 Å². The van der Waals surface area contributed by atoms with Crippen LogP contribution in [0.25, 0.3) is 0 Å². The van der Waals surface area contributed by atoms with Gasteiger partial charge in [-0.25, -0.2) is 0 Å². The second kappa shape index (κ2) is 12.8. The number of carbonyl (C=O) groups is 1. The monoisotopic (exact) mass is 290 g/mol. The smallest absolute Gasteiger partial charge is 0.305 e. The maximum atomic E-state index is 11.0. The quantitative estimate of drug-likeness (QED) is 0.260. The van der Waals surface area contributed by atoms with Crippen molar-refractivity contribution in [1.29, 1.82) is 0 Å². The fraction of sp³-hybridized carbons (Fsp3) is 0.769. The van der Waals surface area contributed by atoms with Gasteiger partial charge in [0.25, 0.3) is 0 Å². The van der Waals surface area contributed by atoms with Gasteiger partial charge in [0.1, 0.15) is 0 Å². The van der Waals surface area contributed by atoms with Crippen LogP contribution < -0.4 is 0 Å². The fourth-order valence-electron chi connectivity index (χ4n) is 1.48. The second-order valence-corrected chi connectivity index (χ2v) is 4.38. The summed E-state index contributed by atoms with van der Waals surface area (Å²) in [5.41, 5.74) is 0. The summed E-state index contributed by atoms with van der Waals surface area (Å²) in [5.74, 6) is -0.0530. The van der Waals surface area contributed by atoms with Gasteiger partial charge in [0, 0.05) is 11.8 Å². The molecule has 0 saturated carbocycles. The first-order chi connectivity index (χ1) is 7.81. The summed E-state index contributed by atoms with van der Waals surface area (Å²) in [6.07, 6.45) is 12.0. The topological polar surface area (TPSA) is 26.3 Å². The van der Waals surface area contributed by atoms with E-state index in [0.29, 0.717) is 13.0 Å². The van der Waals surface area contributed by atoms with Gasteiger partial charge in [-0.15, -0.1) is 0 Å². The van der Waals surface area contributed by atoms with Crippen molar-refractivity contribution in [3.05, 3.63) is 12.2 Å². The van der Waals surface area contributed by atoms with E-state index in [0.717, 1.165) is 18.2 Å². The highest BCUT2D eigenvalue weighted by Gasteiger charge is 1.99. The van der Waals surface area contributed by atoms with Crippen LogP contribution in [0, 0.1) is 0 Å². The highest BCUT2D eigenvalue weighted by molar-refractivity contribution is 9.09. The number of rotatable bonds is 10. The van der Waals surface area contributed by atoms with E-state index in [1.165, 1.54) is 25.7 Å². The van der Waals surface area contributed by atoms with Gasteiger partial charge in [-0.2, -0.15) is 0 Å². The van der Waals surface area contributed by atoms with Crippen LogP contribution >= 0.6 is 15.9 Å². The van der Waals surface area contributed by atoms with E-state index < -0.39 is 0 Å². The predicted molar refractivity (Wildman–Crippen MR) is 71.9 cm³/mol. The minimum absolute atomic E-state index is 0.0530. The molecule has 16 heavy (non-hydrogen) atoms. The maximum absolute atomic E-state index is 11.0. The number of ether oxygens (including phenoxy) is 1. The summed E-state index contributed by atoms with van der Waals surface area (Å²) in [6.45, 7) is 2.34. The van der Waals surface area contributed by atoms with E-state index in [2.05, 4.69) is 28.1 Å². The minimum atomic E-state index is -0.0530. The summed E-state index contributed by atoms with van der Waals surface area (Å²) in [7, 11) is 0. The van der Waals surface area contributed by atoms with Gasteiger partial charge in [0.05, 0.1) is 6.61 Å². The Bertz CT molecular complexity index is 190. The highest BCUT2D eigenvalue weighted by atomic mass is 79.9. The molecule has 0 rings (SSSR count). The highest BCUT2D eigenvalue weighted by Crippen LogP contribution is 2.08. The Labute approximate surface area is 108 Å². The number of hydrogen-bond donors (Lipinski definition) is 0. The standard InChI is InChI=1S/C13H23BrO2/c1-2-16-13(15)11-9-7-5-3-4-6-8-10-12-14/h8,10H,2-7,9,11-12H2,1H3. The third-order valence-electron chi connectivity index (χ3n) is 2.31. The van der Waals surface area contributed by atoms with Gasteiger partial charge in [-0.05, 0) is 26.2 Å². The SMILES string of the molecule is CCOC(=O)CCCCCCCC=CCBr. The Kier molecular flexibility index (Phi) is 12.5. The van der Waals surface area contributed by atoms with Crippen LogP contribution in [0.1, 0.15) is 51.9 Å². The molecule has 3 heteroatoms. The number of hydrogen-bond acceptors (Lipinski definition) is 2. The number of alkyl halides is 1. The zero-order valence-electron chi connectivity index (χ0n) is 10.2. The first kappa shape index (κ1) is 15.7. The third-order valence-corrected chi connectivity index (χ3v) is 2.69. The Morgan fingerprint density at radius 3 is 2.50 bits per heavy atom. The first-order valence-electron chi connectivity index (χ1n) is 6.17. The van der Waals surface area contributed by atoms with Crippen molar-refractivity contribution >= 4 is 21.9 Å². The minimum Gasteiger partial charge on any atom is -0.466 e. The molecule has 0 aliphatic heterocycles. The van der Waals surface area contributed by atoms with Gasteiger partial charge in [0.15, 0.2) is 0 Å². The Morgan fingerprint density at radius 2 is 1.81 bits per heavy atom. The van der Waals surface area contributed by atoms with E-state index in [9.17, 15) is 4.79 Å². The zero-order chi connectivity index (χ0) is 12.1. The molecular weight excluding hydrogens is 268 g/mol. The van der Waals surface area contributed by atoms with Crippen LogP contribution in [0.2, 0.25) is 0 Å². The van der Waals surface area contributed by atoms with E-state index in [1.54, 1.807) is 0 Å². The molecule has 0 saturated heterocycles. The van der Waals surface area contributed by atoms with Crippen molar-refractivity contribution in [3.8, 4) is 0 Å². The average Bonchev–Trinajstić information content (AvgIpc) is 2.27. The normalized spacial score (nSPS) is 10.9. The number of allylic oxidation sites excluding steroid dienone is 2. The lowest BCUT2D eigenvalue weighted by molar-refractivity contribution is -0.143. The molecule has 0 aromatic heterocycles. The van der Waals surface area contributed by atoms with Gasteiger partial charge in [0.2, 0.25) is 0 Å². The Balaban J connectivity index is 3.09. The van der Waals surface area contributed by atoms with Crippen LogP contribution in [0.3, 0.4) is 0 Å². The van der Waals surface area contributed by atoms with Crippen molar-refractivity contribution in [2.45, 2.75) is 51.9 Å². The lowest BCUT2D eigenvalue weighted by Crippen LogP contribution is -2.03. The molecule has 0 atom stereocenters. The van der Waals surface area contributed by atoms with Crippen molar-refractivity contribution < 1.29 is 9.53 Å². The van der Waals surface area contributed by atoms with Crippen LogP contribution in [0.15, 0.2) is 12.2 Å². The van der Waals surface area contributed by atoms with Crippen LogP contribution in [-0.2, 0) is 9.53 Å². The Morgan fingerprint density at radius 1 is 1.12 bits per heavy atom. The molecule has 0 amide bonds. The van der Waals surface area contributed by atoms with Crippen molar-refractivity contribution in [2.75, 3.05) is 11.9 Å². The molecule has 0 aliphatic carbocycles. The summed E-state index contributed by atoms with van der Waals surface area (Å²) in [6, 6.07) is 0. The first-order valence-corrected chi connectivity index (χ1v) is 7.30. The predicted octanol–water partition coefficient (Wildman–Crippen LogP) is 4.23. The third kappa shape index (κ3) is 11.8. The van der Waals surface area contributed by atoms with E-state index in [-0.39, 0.29) is 5.97 Å². The lowest BCUT2D eigenvalue weighted by atomic mass is 10.1. The molecule has 0 heterocycles. The summed E-state index contributed by atoms with van der Waals surface area (Å²) < 4.78 is 4.86. The molecule has 0 aliphatic rings. The molecule has 2 nitrogen and oxygen atoms in total. The Hall–Kier alpha value is -0.310. The number of halogens is 1. The molecule has 0 unspecified atom stereocenters. The molecule has 0 aromatic carbocycles. The lowest BCUT2D eigenvalue weighted by Gasteiger charge is -2.01. The number of esters is 1. The van der Waals surface area contributed by atoms with Crippen molar-refractivity contribution in [1.82, 2.24) is 0 Å². The van der Waals surface area contributed by atoms with Gasteiger partial charge >= 0.3 is 5.97 Å². The second-order valence-electron chi connectivity index (χ2n) is 3.74. The summed E-state index contributed by atoms with van der Waals surface area (Å²) in [4.78, 5) is 11.0. The van der Waals surface area contributed by atoms with E-state index >= 15 is 0 Å².